The highest BCUT2D eigenvalue weighted by Crippen LogP contribution is 2.18. The van der Waals surface area contributed by atoms with Gasteiger partial charge in [-0.2, -0.15) is 5.10 Å². The summed E-state index contributed by atoms with van der Waals surface area (Å²) in [5.74, 6) is 2.43. The van der Waals surface area contributed by atoms with E-state index in [4.69, 9.17) is 4.74 Å². The van der Waals surface area contributed by atoms with Crippen LogP contribution in [0.4, 0.5) is 5.82 Å². The third kappa shape index (κ3) is 4.59. The number of rotatable bonds is 7. The van der Waals surface area contributed by atoms with Crippen LogP contribution in [0.25, 0.3) is 5.82 Å². The molecule has 0 saturated carbocycles. The second-order valence-electron chi connectivity index (χ2n) is 7.19. The van der Waals surface area contributed by atoms with Crippen molar-refractivity contribution in [2.75, 3.05) is 37.7 Å². The SMILES string of the molecule is CCCCOc1ccc(C(=O)N2CCN(c3cc(-n4cccn4)ncn3)CC2)cc1. The van der Waals surface area contributed by atoms with Gasteiger partial charge in [0.15, 0.2) is 5.82 Å². The van der Waals surface area contributed by atoms with Gasteiger partial charge in [-0.1, -0.05) is 13.3 Å². The summed E-state index contributed by atoms with van der Waals surface area (Å²) in [6.07, 6.45) is 7.25. The quantitative estimate of drug-likeness (QED) is 0.562. The van der Waals surface area contributed by atoms with E-state index in [9.17, 15) is 4.79 Å². The van der Waals surface area contributed by atoms with Gasteiger partial charge in [-0.25, -0.2) is 14.6 Å². The van der Waals surface area contributed by atoms with E-state index in [1.54, 1.807) is 17.2 Å². The predicted molar refractivity (Wildman–Crippen MR) is 114 cm³/mol. The van der Waals surface area contributed by atoms with E-state index in [0.717, 1.165) is 43.3 Å². The molecule has 0 spiro atoms. The van der Waals surface area contributed by atoms with Crippen LogP contribution in [0.2, 0.25) is 0 Å². The van der Waals surface area contributed by atoms with Crippen LogP contribution in [0.5, 0.6) is 5.75 Å². The zero-order chi connectivity index (χ0) is 20.8. The molecule has 1 saturated heterocycles. The molecule has 0 atom stereocenters. The molecule has 30 heavy (non-hydrogen) atoms. The van der Waals surface area contributed by atoms with Crippen molar-refractivity contribution in [3.05, 3.63) is 60.7 Å². The summed E-state index contributed by atoms with van der Waals surface area (Å²) in [7, 11) is 0. The van der Waals surface area contributed by atoms with Crippen LogP contribution in [0.15, 0.2) is 55.1 Å². The number of hydrogen-bond acceptors (Lipinski definition) is 6. The fourth-order valence-corrected chi connectivity index (χ4v) is 3.39. The minimum atomic E-state index is 0.0506. The molecule has 3 aromatic rings. The molecule has 0 aliphatic carbocycles. The number of aromatic nitrogens is 4. The Morgan fingerprint density at radius 2 is 1.83 bits per heavy atom. The van der Waals surface area contributed by atoms with E-state index >= 15 is 0 Å². The topological polar surface area (TPSA) is 76.4 Å². The van der Waals surface area contributed by atoms with Crippen LogP contribution in [0.3, 0.4) is 0 Å². The maximum absolute atomic E-state index is 12.9. The molecule has 4 rings (SSSR count). The number of carbonyl (C=O) groups excluding carboxylic acids is 1. The number of benzene rings is 1. The minimum absolute atomic E-state index is 0.0506. The largest absolute Gasteiger partial charge is 0.494 e. The molecule has 156 valence electrons. The molecule has 8 nitrogen and oxygen atoms in total. The van der Waals surface area contributed by atoms with Crippen LogP contribution in [-0.4, -0.2) is 63.3 Å². The lowest BCUT2D eigenvalue weighted by molar-refractivity contribution is 0.0746. The molecule has 0 unspecified atom stereocenters. The fourth-order valence-electron chi connectivity index (χ4n) is 3.39. The number of anilines is 1. The van der Waals surface area contributed by atoms with Gasteiger partial charge in [-0.05, 0) is 36.8 Å². The smallest absolute Gasteiger partial charge is 0.253 e. The Balaban J connectivity index is 1.34. The van der Waals surface area contributed by atoms with Gasteiger partial charge >= 0.3 is 0 Å². The lowest BCUT2D eigenvalue weighted by atomic mass is 10.1. The van der Waals surface area contributed by atoms with Crippen LogP contribution >= 0.6 is 0 Å². The number of piperazine rings is 1. The van der Waals surface area contributed by atoms with E-state index in [0.29, 0.717) is 25.3 Å². The first kappa shape index (κ1) is 19.9. The second kappa shape index (κ2) is 9.39. The van der Waals surface area contributed by atoms with E-state index in [2.05, 4.69) is 26.9 Å². The Hall–Kier alpha value is -3.42. The first-order valence-corrected chi connectivity index (χ1v) is 10.3. The third-order valence-corrected chi connectivity index (χ3v) is 5.14. The molecule has 1 aliphatic heterocycles. The van der Waals surface area contributed by atoms with Gasteiger partial charge in [-0.3, -0.25) is 4.79 Å². The van der Waals surface area contributed by atoms with Crippen molar-refractivity contribution in [1.29, 1.82) is 0 Å². The summed E-state index contributed by atoms with van der Waals surface area (Å²) < 4.78 is 7.39. The van der Waals surface area contributed by atoms with Crippen molar-refractivity contribution in [2.45, 2.75) is 19.8 Å². The van der Waals surface area contributed by atoms with Gasteiger partial charge < -0.3 is 14.5 Å². The highest BCUT2D eigenvalue weighted by Gasteiger charge is 2.23. The highest BCUT2D eigenvalue weighted by molar-refractivity contribution is 5.94. The molecule has 0 N–H and O–H groups in total. The average Bonchev–Trinajstić information content (AvgIpc) is 3.35. The molecule has 1 amide bonds. The summed E-state index contributed by atoms with van der Waals surface area (Å²) in [6, 6.07) is 11.2. The molecule has 3 heterocycles. The summed E-state index contributed by atoms with van der Waals surface area (Å²) in [5.41, 5.74) is 0.689. The van der Waals surface area contributed by atoms with Crippen molar-refractivity contribution in [3.8, 4) is 11.6 Å². The highest BCUT2D eigenvalue weighted by atomic mass is 16.5. The first-order chi connectivity index (χ1) is 14.7. The first-order valence-electron chi connectivity index (χ1n) is 10.3. The summed E-state index contributed by atoms with van der Waals surface area (Å²) in [6.45, 7) is 5.58. The average molecular weight is 406 g/mol. The van der Waals surface area contributed by atoms with Crippen LogP contribution in [0, 0.1) is 0 Å². The van der Waals surface area contributed by atoms with Crippen molar-refractivity contribution in [1.82, 2.24) is 24.6 Å². The van der Waals surface area contributed by atoms with Crippen LogP contribution < -0.4 is 9.64 Å². The molecule has 0 radical (unpaired) electrons. The van der Waals surface area contributed by atoms with Gasteiger partial charge in [0.1, 0.15) is 17.9 Å². The molecular weight excluding hydrogens is 380 g/mol. The number of unbranched alkanes of at least 4 members (excludes halogenated alkanes) is 1. The molecule has 0 bridgehead atoms. The third-order valence-electron chi connectivity index (χ3n) is 5.14. The normalized spacial score (nSPS) is 14.0. The molecule has 1 aliphatic rings. The number of ether oxygens (including phenoxy) is 1. The summed E-state index contributed by atoms with van der Waals surface area (Å²) >= 11 is 0. The van der Waals surface area contributed by atoms with Crippen molar-refractivity contribution in [2.24, 2.45) is 0 Å². The minimum Gasteiger partial charge on any atom is -0.494 e. The van der Waals surface area contributed by atoms with E-state index in [1.165, 1.54) is 0 Å². The predicted octanol–water partition coefficient (Wildman–Crippen LogP) is 2.80. The Labute approximate surface area is 176 Å². The number of amides is 1. The molecule has 2 aromatic heterocycles. The van der Waals surface area contributed by atoms with E-state index in [1.807, 2.05) is 47.5 Å². The Bertz CT molecular complexity index is 950. The van der Waals surface area contributed by atoms with Crippen LogP contribution in [0.1, 0.15) is 30.1 Å². The van der Waals surface area contributed by atoms with E-state index < -0.39 is 0 Å². The lowest BCUT2D eigenvalue weighted by Crippen LogP contribution is -2.49. The Morgan fingerprint density at radius 1 is 1.07 bits per heavy atom. The maximum Gasteiger partial charge on any atom is 0.253 e. The van der Waals surface area contributed by atoms with Gasteiger partial charge in [-0.15, -0.1) is 0 Å². The van der Waals surface area contributed by atoms with Gasteiger partial charge in [0.2, 0.25) is 0 Å². The zero-order valence-corrected chi connectivity index (χ0v) is 17.1. The molecule has 8 heteroatoms. The van der Waals surface area contributed by atoms with Gasteiger partial charge in [0.25, 0.3) is 5.91 Å². The lowest BCUT2D eigenvalue weighted by Gasteiger charge is -2.35. The van der Waals surface area contributed by atoms with Gasteiger partial charge in [0, 0.05) is 50.2 Å². The monoisotopic (exact) mass is 406 g/mol. The summed E-state index contributed by atoms with van der Waals surface area (Å²) in [4.78, 5) is 25.6. The van der Waals surface area contributed by atoms with Gasteiger partial charge in [0.05, 0.1) is 6.61 Å². The number of hydrogen-bond donors (Lipinski definition) is 0. The maximum atomic E-state index is 12.9. The standard InChI is InChI=1S/C22H26N6O2/c1-2-3-15-30-19-7-5-18(6-8-19)22(29)27-13-11-26(12-14-27)20-16-21(24-17-23-20)28-10-4-9-25-28/h4-10,16-17H,2-3,11-15H2,1H3. The number of carbonyl (C=O) groups is 1. The fraction of sp³-hybridized carbons (Fsp3) is 0.364. The molecule has 1 fully saturated rings. The summed E-state index contributed by atoms with van der Waals surface area (Å²) in [5, 5.41) is 4.21. The van der Waals surface area contributed by atoms with Crippen molar-refractivity contribution < 1.29 is 9.53 Å². The van der Waals surface area contributed by atoms with Crippen molar-refractivity contribution in [3.63, 3.8) is 0 Å². The molecule has 1 aromatic carbocycles. The van der Waals surface area contributed by atoms with E-state index in [-0.39, 0.29) is 5.91 Å². The Kier molecular flexibility index (Phi) is 6.22. The Morgan fingerprint density at radius 3 is 2.53 bits per heavy atom. The second-order valence-corrected chi connectivity index (χ2v) is 7.19. The van der Waals surface area contributed by atoms with Crippen molar-refractivity contribution >= 4 is 11.7 Å². The molecular formula is C22H26N6O2. The zero-order valence-electron chi connectivity index (χ0n) is 17.1. The van der Waals surface area contributed by atoms with Crippen LogP contribution in [-0.2, 0) is 0 Å². The number of nitrogens with zero attached hydrogens (tertiary/aromatic N) is 6.